The molecule has 152 valence electrons. The summed E-state index contributed by atoms with van der Waals surface area (Å²) in [5.41, 5.74) is 1.80. The summed E-state index contributed by atoms with van der Waals surface area (Å²) in [6, 6.07) is 4.72. The van der Waals surface area contributed by atoms with Gasteiger partial charge in [-0.15, -0.1) is 5.10 Å². The van der Waals surface area contributed by atoms with E-state index < -0.39 is 29.8 Å². The van der Waals surface area contributed by atoms with Crippen molar-refractivity contribution in [1.82, 2.24) is 25.6 Å². The van der Waals surface area contributed by atoms with E-state index >= 15 is 0 Å². The lowest BCUT2D eigenvalue weighted by atomic mass is 10.0. The number of carbonyl (C=O) groups excluding carboxylic acids is 1. The fraction of sp³-hybridized carbons (Fsp3) is 0.526. The Kier molecular flexibility index (Phi) is 6.35. The monoisotopic (exact) mass is 393 g/mol. The molecular formula is C19H25F2N5O2. The molecular weight excluding hydrogens is 368 g/mol. The van der Waals surface area contributed by atoms with Gasteiger partial charge in [-0.3, -0.25) is 4.79 Å². The first-order valence-electron chi connectivity index (χ1n) is 9.34. The lowest BCUT2D eigenvalue weighted by Crippen LogP contribution is -2.33. The molecule has 1 fully saturated rings. The number of alkyl halides is 2. The number of hydrogen-bond donors (Lipinski definition) is 3. The van der Waals surface area contributed by atoms with Gasteiger partial charge in [0, 0.05) is 0 Å². The molecule has 9 heteroatoms. The number of halogens is 2. The van der Waals surface area contributed by atoms with Crippen molar-refractivity contribution < 1.29 is 18.7 Å². The number of aliphatic hydroxyl groups excluding tert-OH is 1. The second-order valence-electron chi connectivity index (χ2n) is 7.18. The van der Waals surface area contributed by atoms with Crippen LogP contribution in [0.25, 0.3) is 0 Å². The van der Waals surface area contributed by atoms with Crippen molar-refractivity contribution in [1.29, 1.82) is 0 Å². The van der Waals surface area contributed by atoms with E-state index in [1.165, 1.54) is 4.68 Å². The molecule has 0 bridgehead atoms. The minimum Gasteiger partial charge on any atom is -0.394 e. The van der Waals surface area contributed by atoms with Crippen LogP contribution in [0.15, 0.2) is 18.2 Å². The van der Waals surface area contributed by atoms with Gasteiger partial charge < -0.3 is 15.7 Å². The molecule has 2 aromatic rings. The molecule has 0 spiro atoms. The summed E-state index contributed by atoms with van der Waals surface area (Å²) < 4.78 is 28.7. The van der Waals surface area contributed by atoms with Crippen molar-refractivity contribution in [3.05, 3.63) is 46.3 Å². The van der Waals surface area contributed by atoms with Gasteiger partial charge in [-0.25, -0.2) is 13.5 Å². The van der Waals surface area contributed by atoms with Crippen LogP contribution < -0.4 is 10.6 Å². The van der Waals surface area contributed by atoms with Crippen LogP contribution in [0.2, 0.25) is 0 Å². The summed E-state index contributed by atoms with van der Waals surface area (Å²) in [6.45, 7) is 4.86. The van der Waals surface area contributed by atoms with Gasteiger partial charge in [0.1, 0.15) is 5.69 Å². The van der Waals surface area contributed by atoms with Gasteiger partial charge in [0.2, 0.25) is 0 Å². The van der Waals surface area contributed by atoms with E-state index in [0.717, 1.165) is 11.1 Å². The molecule has 1 aliphatic rings. The molecule has 0 saturated carbocycles. The van der Waals surface area contributed by atoms with Crippen LogP contribution in [0.1, 0.15) is 64.2 Å². The Labute approximate surface area is 162 Å². The zero-order valence-corrected chi connectivity index (χ0v) is 16.0. The van der Waals surface area contributed by atoms with Gasteiger partial charge >= 0.3 is 0 Å². The highest BCUT2D eigenvalue weighted by Gasteiger charge is 2.31. The van der Waals surface area contributed by atoms with Crippen LogP contribution >= 0.6 is 0 Å². The molecule has 1 aromatic heterocycles. The van der Waals surface area contributed by atoms with Crippen molar-refractivity contribution in [2.24, 2.45) is 0 Å². The number of nitrogens with zero attached hydrogens (tertiary/aromatic N) is 3. The molecule has 1 unspecified atom stereocenters. The van der Waals surface area contributed by atoms with Crippen LogP contribution in [-0.2, 0) is 0 Å². The first kappa shape index (κ1) is 20.3. The smallest absolute Gasteiger partial charge is 0.282 e. The van der Waals surface area contributed by atoms with Crippen molar-refractivity contribution in [3.63, 3.8) is 0 Å². The van der Waals surface area contributed by atoms with Crippen molar-refractivity contribution >= 4 is 5.91 Å². The maximum absolute atomic E-state index is 13.7. The second-order valence-corrected chi connectivity index (χ2v) is 7.18. The second kappa shape index (κ2) is 8.74. The first-order chi connectivity index (χ1) is 13.4. The molecule has 1 atom stereocenters. The van der Waals surface area contributed by atoms with E-state index in [9.17, 15) is 18.7 Å². The third-order valence-corrected chi connectivity index (χ3v) is 4.94. The highest BCUT2D eigenvalue weighted by atomic mass is 19.3. The SMILES string of the molecule is Cc1cc(C)cc(C(CO)NC(=O)c2nnn(C3CCNCC3)c2C(F)F)c1. The number of aryl methyl sites for hydroxylation is 2. The van der Waals surface area contributed by atoms with Gasteiger partial charge in [-0.05, 0) is 45.3 Å². The maximum atomic E-state index is 13.7. The third-order valence-electron chi connectivity index (χ3n) is 4.94. The van der Waals surface area contributed by atoms with Crippen molar-refractivity contribution in [2.45, 2.75) is 45.2 Å². The fourth-order valence-corrected chi connectivity index (χ4v) is 3.66. The molecule has 1 aliphatic heterocycles. The zero-order chi connectivity index (χ0) is 20.3. The van der Waals surface area contributed by atoms with Crippen LogP contribution in [0.4, 0.5) is 8.78 Å². The van der Waals surface area contributed by atoms with Crippen LogP contribution in [-0.4, -0.2) is 45.7 Å². The average molecular weight is 393 g/mol. The summed E-state index contributed by atoms with van der Waals surface area (Å²) in [5, 5.41) is 23.1. The number of piperidine rings is 1. The molecule has 0 aliphatic carbocycles. The first-order valence-corrected chi connectivity index (χ1v) is 9.34. The zero-order valence-electron chi connectivity index (χ0n) is 16.0. The van der Waals surface area contributed by atoms with E-state index in [2.05, 4.69) is 20.9 Å². The molecule has 1 amide bonds. The quantitative estimate of drug-likeness (QED) is 0.700. The largest absolute Gasteiger partial charge is 0.394 e. The van der Waals surface area contributed by atoms with E-state index in [0.29, 0.717) is 31.5 Å². The summed E-state index contributed by atoms with van der Waals surface area (Å²) in [5.74, 6) is -0.770. The molecule has 0 radical (unpaired) electrons. The number of rotatable bonds is 6. The molecule has 1 aromatic carbocycles. The number of nitrogens with one attached hydrogen (secondary N) is 2. The summed E-state index contributed by atoms with van der Waals surface area (Å²) in [4.78, 5) is 12.7. The summed E-state index contributed by atoms with van der Waals surface area (Å²) in [7, 11) is 0. The van der Waals surface area contributed by atoms with Gasteiger partial charge in [0.15, 0.2) is 5.69 Å². The van der Waals surface area contributed by atoms with E-state index in [4.69, 9.17) is 0 Å². The third kappa shape index (κ3) is 4.36. The number of amides is 1. The highest BCUT2D eigenvalue weighted by molar-refractivity contribution is 5.93. The minimum absolute atomic E-state index is 0.215. The number of aromatic nitrogens is 3. The Morgan fingerprint density at radius 1 is 1.29 bits per heavy atom. The Balaban J connectivity index is 1.85. The van der Waals surface area contributed by atoms with Gasteiger partial charge in [-0.1, -0.05) is 34.5 Å². The predicted octanol–water partition coefficient (Wildman–Crippen LogP) is 2.22. The van der Waals surface area contributed by atoms with Gasteiger partial charge in [0.25, 0.3) is 12.3 Å². The van der Waals surface area contributed by atoms with Gasteiger partial charge in [-0.2, -0.15) is 0 Å². The highest BCUT2D eigenvalue weighted by Crippen LogP contribution is 2.28. The van der Waals surface area contributed by atoms with E-state index in [1.807, 2.05) is 32.0 Å². The van der Waals surface area contributed by atoms with Crippen LogP contribution in [0, 0.1) is 13.8 Å². The average Bonchev–Trinajstić information content (AvgIpc) is 3.11. The topological polar surface area (TPSA) is 92.1 Å². The van der Waals surface area contributed by atoms with Gasteiger partial charge in [0.05, 0.1) is 18.7 Å². The molecule has 3 N–H and O–H groups in total. The summed E-state index contributed by atoms with van der Waals surface area (Å²) in [6.07, 6.45) is -1.59. The predicted molar refractivity (Wildman–Crippen MR) is 99.3 cm³/mol. The van der Waals surface area contributed by atoms with Crippen molar-refractivity contribution in [3.8, 4) is 0 Å². The van der Waals surface area contributed by atoms with Crippen LogP contribution in [0.3, 0.4) is 0 Å². The molecule has 2 heterocycles. The Bertz CT molecular complexity index is 813. The Morgan fingerprint density at radius 2 is 1.93 bits per heavy atom. The lowest BCUT2D eigenvalue weighted by Gasteiger charge is -2.24. The minimum atomic E-state index is -2.88. The van der Waals surface area contributed by atoms with Crippen molar-refractivity contribution in [2.75, 3.05) is 19.7 Å². The number of hydrogen-bond acceptors (Lipinski definition) is 5. The fourth-order valence-electron chi connectivity index (χ4n) is 3.66. The number of benzene rings is 1. The normalized spacial score (nSPS) is 16.4. The molecule has 7 nitrogen and oxygen atoms in total. The lowest BCUT2D eigenvalue weighted by molar-refractivity contribution is 0.0892. The van der Waals surface area contributed by atoms with E-state index in [-0.39, 0.29) is 12.6 Å². The molecule has 3 rings (SSSR count). The number of aliphatic hydroxyl groups is 1. The molecule has 28 heavy (non-hydrogen) atoms. The van der Waals surface area contributed by atoms with E-state index in [1.54, 1.807) is 0 Å². The number of carbonyl (C=O) groups is 1. The maximum Gasteiger partial charge on any atom is 0.282 e. The standard InChI is InChI=1S/C19H25F2N5O2/c1-11-7-12(2)9-13(8-11)15(10-27)23-19(28)16-17(18(20)21)26(25-24-16)14-3-5-22-6-4-14/h7-9,14-15,18,22,27H,3-6,10H2,1-2H3,(H,23,28). The Morgan fingerprint density at radius 3 is 2.50 bits per heavy atom. The summed E-state index contributed by atoms with van der Waals surface area (Å²) >= 11 is 0. The molecule has 1 saturated heterocycles. The van der Waals surface area contributed by atoms with Crippen LogP contribution in [0.5, 0.6) is 0 Å². The Hall–Kier alpha value is -2.39.